The number of rotatable bonds is 11. The van der Waals surface area contributed by atoms with Crippen LogP contribution in [0.1, 0.15) is 44.6 Å². The van der Waals surface area contributed by atoms with Gasteiger partial charge in [0.25, 0.3) is 10.0 Å². The summed E-state index contributed by atoms with van der Waals surface area (Å²) in [6.45, 7) is 1.37. The minimum Gasteiger partial charge on any atom is -0.497 e. The number of carbonyl (C=O) groups is 2. The molecule has 0 radical (unpaired) electrons. The number of amides is 2. The van der Waals surface area contributed by atoms with Crippen LogP contribution in [0.4, 0.5) is 5.69 Å². The second-order valence-corrected chi connectivity index (χ2v) is 13.0. The molecule has 0 unspecified atom stereocenters. The number of methoxy groups -OCH3 is 1. The van der Waals surface area contributed by atoms with Crippen molar-refractivity contribution in [2.45, 2.75) is 62.6 Å². The van der Waals surface area contributed by atoms with Crippen molar-refractivity contribution in [2.24, 2.45) is 0 Å². The van der Waals surface area contributed by atoms with E-state index in [2.05, 4.69) is 21.2 Å². The van der Waals surface area contributed by atoms with Crippen LogP contribution >= 0.6 is 15.9 Å². The number of nitrogens with one attached hydrogen (secondary N) is 1. The number of hydrogen-bond donors (Lipinski definition) is 1. The van der Waals surface area contributed by atoms with Crippen molar-refractivity contribution in [3.8, 4) is 5.75 Å². The van der Waals surface area contributed by atoms with Crippen LogP contribution in [0.25, 0.3) is 0 Å². The summed E-state index contributed by atoms with van der Waals surface area (Å²) in [5.74, 6) is -0.212. The number of ether oxygens (including phenoxy) is 1. The topological polar surface area (TPSA) is 96.0 Å². The lowest BCUT2D eigenvalue weighted by Crippen LogP contribution is -2.53. The van der Waals surface area contributed by atoms with Crippen molar-refractivity contribution in [1.29, 1.82) is 0 Å². The van der Waals surface area contributed by atoms with E-state index in [0.29, 0.717) is 11.4 Å². The fraction of sp³-hybridized carbons (Fsp3) is 0.355. The van der Waals surface area contributed by atoms with E-state index in [4.69, 9.17) is 4.74 Å². The molecule has 218 valence electrons. The summed E-state index contributed by atoms with van der Waals surface area (Å²) in [7, 11) is -2.63. The first-order valence-corrected chi connectivity index (χ1v) is 16.0. The van der Waals surface area contributed by atoms with Crippen molar-refractivity contribution in [3.05, 3.63) is 88.9 Å². The molecule has 0 spiro atoms. The minimum atomic E-state index is -4.13. The average molecular weight is 643 g/mol. The summed E-state index contributed by atoms with van der Waals surface area (Å²) in [6, 6.07) is 21.3. The first-order chi connectivity index (χ1) is 19.7. The van der Waals surface area contributed by atoms with Gasteiger partial charge in [0, 0.05) is 17.1 Å². The smallest absolute Gasteiger partial charge is 0.264 e. The Balaban J connectivity index is 1.65. The Morgan fingerprint density at radius 2 is 1.59 bits per heavy atom. The molecule has 0 saturated heterocycles. The molecule has 41 heavy (non-hydrogen) atoms. The molecule has 1 saturated carbocycles. The Bertz CT molecular complexity index is 1410. The fourth-order valence-electron chi connectivity index (χ4n) is 4.94. The van der Waals surface area contributed by atoms with Crippen LogP contribution in [0.15, 0.2) is 88.2 Å². The van der Waals surface area contributed by atoms with Gasteiger partial charge in [-0.1, -0.05) is 65.5 Å². The summed E-state index contributed by atoms with van der Waals surface area (Å²) >= 11 is 3.43. The Labute approximate surface area is 250 Å². The van der Waals surface area contributed by atoms with E-state index >= 15 is 0 Å². The largest absolute Gasteiger partial charge is 0.497 e. The van der Waals surface area contributed by atoms with Crippen molar-refractivity contribution < 1.29 is 22.7 Å². The van der Waals surface area contributed by atoms with E-state index in [9.17, 15) is 18.0 Å². The maximum absolute atomic E-state index is 14.0. The van der Waals surface area contributed by atoms with Crippen LogP contribution in [0.3, 0.4) is 0 Å². The van der Waals surface area contributed by atoms with E-state index in [1.54, 1.807) is 49.4 Å². The Kier molecular flexibility index (Phi) is 10.4. The number of benzene rings is 3. The third kappa shape index (κ3) is 7.89. The normalized spacial score (nSPS) is 14.6. The zero-order valence-corrected chi connectivity index (χ0v) is 25.7. The van der Waals surface area contributed by atoms with E-state index in [0.717, 1.165) is 46.4 Å². The predicted molar refractivity (Wildman–Crippen MR) is 163 cm³/mol. The Morgan fingerprint density at radius 1 is 0.951 bits per heavy atom. The molecule has 1 N–H and O–H groups in total. The highest BCUT2D eigenvalue weighted by atomic mass is 79.9. The number of sulfonamides is 1. The average Bonchev–Trinajstić information content (AvgIpc) is 3.00. The molecule has 1 atom stereocenters. The van der Waals surface area contributed by atoms with Gasteiger partial charge in [-0.25, -0.2) is 8.42 Å². The highest BCUT2D eigenvalue weighted by Crippen LogP contribution is 2.26. The van der Waals surface area contributed by atoms with Gasteiger partial charge in [0.05, 0.1) is 17.7 Å². The molecule has 4 rings (SSSR count). The van der Waals surface area contributed by atoms with Gasteiger partial charge in [0.2, 0.25) is 11.8 Å². The number of anilines is 1. The molecule has 3 aromatic carbocycles. The molecule has 0 heterocycles. The van der Waals surface area contributed by atoms with Crippen LogP contribution in [-0.4, -0.2) is 50.9 Å². The third-order valence-corrected chi connectivity index (χ3v) is 9.67. The molecule has 1 fully saturated rings. The number of hydrogen-bond acceptors (Lipinski definition) is 5. The molecule has 0 aromatic heterocycles. The highest BCUT2D eigenvalue weighted by molar-refractivity contribution is 9.10. The molecule has 1 aliphatic rings. The van der Waals surface area contributed by atoms with Crippen LogP contribution in [0.5, 0.6) is 5.75 Å². The Hall–Kier alpha value is -3.37. The quantitative estimate of drug-likeness (QED) is 0.297. The zero-order valence-electron chi connectivity index (χ0n) is 23.3. The number of halogens is 1. The summed E-state index contributed by atoms with van der Waals surface area (Å²) in [5.41, 5.74) is 1.17. The Morgan fingerprint density at radius 3 is 2.20 bits per heavy atom. The SMILES string of the molecule is COc1ccc(S(=O)(=O)N(CC(=O)N(Cc2ccc(Br)cc2)[C@H](C)C(=O)NC2CCCCC2)c2ccccc2)cc1. The molecular formula is C31H36BrN3O5S. The molecule has 10 heteroatoms. The van der Waals surface area contributed by atoms with E-state index < -0.39 is 28.5 Å². The van der Waals surface area contributed by atoms with Crippen LogP contribution in [0, 0.1) is 0 Å². The van der Waals surface area contributed by atoms with E-state index in [-0.39, 0.29) is 23.4 Å². The van der Waals surface area contributed by atoms with E-state index in [1.165, 1.54) is 24.1 Å². The second kappa shape index (κ2) is 14.0. The van der Waals surface area contributed by atoms with Gasteiger partial charge in [-0.05, 0) is 73.9 Å². The van der Waals surface area contributed by atoms with Gasteiger partial charge < -0.3 is 15.0 Å². The zero-order chi connectivity index (χ0) is 29.4. The first-order valence-electron chi connectivity index (χ1n) is 13.7. The van der Waals surface area contributed by atoms with Crippen molar-refractivity contribution in [1.82, 2.24) is 10.2 Å². The van der Waals surface area contributed by atoms with Gasteiger partial charge in [-0.15, -0.1) is 0 Å². The molecule has 1 aliphatic carbocycles. The van der Waals surface area contributed by atoms with Crippen molar-refractivity contribution in [3.63, 3.8) is 0 Å². The fourth-order valence-corrected chi connectivity index (χ4v) is 6.61. The lowest BCUT2D eigenvalue weighted by atomic mass is 9.95. The number of para-hydroxylation sites is 1. The van der Waals surface area contributed by atoms with Gasteiger partial charge >= 0.3 is 0 Å². The molecule has 2 amide bonds. The van der Waals surface area contributed by atoms with Gasteiger partial charge in [-0.2, -0.15) is 0 Å². The summed E-state index contributed by atoms with van der Waals surface area (Å²) < 4.78 is 34.9. The summed E-state index contributed by atoms with van der Waals surface area (Å²) in [6.07, 6.45) is 5.13. The van der Waals surface area contributed by atoms with Crippen LogP contribution in [-0.2, 0) is 26.2 Å². The molecule has 3 aromatic rings. The first kappa shape index (κ1) is 30.6. The van der Waals surface area contributed by atoms with Gasteiger partial charge in [0.1, 0.15) is 18.3 Å². The molecule has 0 aliphatic heterocycles. The molecular weight excluding hydrogens is 606 g/mol. The number of nitrogens with zero attached hydrogens (tertiary/aromatic N) is 2. The lowest BCUT2D eigenvalue weighted by molar-refractivity contribution is -0.139. The third-order valence-electron chi connectivity index (χ3n) is 7.36. The summed E-state index contributed by atoms with van der Waals surface area (Å²) in [4.78, 5) is 28.9. The number of carbonyl (C=O) groups excluding carboxylic acids is 2. The van der Waals surface area contributed by atoms with Crippen LogP contribution < -0.4 is 14.4 Å². The summed E-state index contributed by atoms with van der Waals surface area (Å²) in [5, 5.41) is 3.12. The van der Waals surface area contributed by atoms with Crippen LogP contribution in [0.2, 0.25) is 0 Å². The van der Waals surface area contributed by atoms with Gasteiger partial charge in [0.15, 0.2) is 0 Å². The minimum absolute atomic E-state index is 0.0255. The lowest BCUT2D eigenvalue weighted by Gasteiger charge is -2.33. The molecule has 0 bridgehead atoms. The maximum atomic E-state index is 14.0. The van der Waals surface area contributed by atoms with Crippen molar-refractivity contribution in [2.75, 3.05) is 18.0 Å². The van der Waals surface area contributed by atoms with Gasteiger partial charge in [-0.3, -0.25) is 13.9 Å². The molecule has 8 nitrogen and oxygen atoms in total. The monoisotopic (exact) mass is 641 g/mol. The highest BCUT2D eigenvalue weighted by Gasteiger charge is 2.33. The predicted octanol–water partition coefficient (Wildman–Crippen LogP) is 5.52. The van der Waals surface area contributed by atoms with Crippen molar-refractivity contribution >= 4 is 43.5 Å². The van der Waals surface area contributed by atoms with E-state index in [1.807, 2.05) is 24.3 Å². The second-order valence-electron chi connectivity index (χ2n) is 10.2. The maximum Gasteiger partial charge on any atom is 0.264 e. The standard InChI is InChI=1S/C31H36BrN3O5S/c1-23(31(37)33-26-9-5-3-6-10-26)34(21-24-13-15-25(32)16-14-24)30(36)22-35(27-11-7-4-8-12-27)41(38,39)29-19-17-28(40-2)18-20-29/h4,7-8,11-20,23,26H,3,5-6,9-10,21-22H2,1-2H3,(H,33,37)/t23-/m1/s1.